The fourth-order valence-corrected chi connectivity index (χ4v) is 6.16. The first-order chi connectivity index (χ1) is 15.2. The summed E-state index contributed by atoms with van der Waals surface area (Å²) in [7, 11) is -3.67. The van der Waals surface area contributed by atoms with Gasteiger partial charge >= 0.3 is 0 Å². The largest absolute Gasteiger partial charge is 0.330 e. The average Bonchev–Trinajstić information content (AvgIpc) is 3.03. The Balaban J connectivity index is 0.00000306. The van der Waals surface area contributed by atoms with Crippen molar-refractivity contribution in [3.05, 3.63) is 70.2 Å². The number of hydrogen-bond donors (Lipinski definition) is 2. The molecule has 0 unspecified atom stereocenters. The number of rotatable bonds is 7. The summed E-state index contributed by atoms with van der Waals surface area (Å²) >= 11 is 6.15. The molecule has 10 heteroatoms. The summed E-state index contributed by atoms with van der Waals surface area (Å²) in [4.78, 5) is 25.9. The van der Waals surface area contributed by atoms with Gasteiger partial charge in [-0.2, -0.15) is 0 Å². The molecule has 1 heterocycles. The van der Waals surface area contributed by atoms with Gasteiger partial charge in [0.1, 0.15) is 0 Å². The summed E-state index contributed by atoms with van der Waals surface area (Å²) in [6.45, 7) is 0.288. The Hall–Kier alpha value is -1.97. The van der Waals surface area contributed by atoms with Crippen molar-refractivity contribution in [3.63, 3.8) is 0 Å². The molecular formula is C23H27Cl2N3O4S. The van der Waals surface area contributed by atoms with Gasteiger partial charge in [-0.25, -0.2) is 13.1 Å². The first-order valence-electron chi connectivity index (χ1n) is 10.7. The maximum Gasteiger partial charge on any atom is 0.261 e. The first kappa shape index (κ1) is 25.6. The maximum absolute atomic E-state index is 12.7. The molecule has 178 valence electrons. The Morgan fingerprint density at radius 1 is 1.03 bits per heavy atom. The third kappa shape index (κ3) is 5.25. The molecule has 0 bridgehead atoms. The highest BCUT2D eigenvalue weighted by Crippen LogP contribution is 2.39. The van der Waals surface area contributed by atoms with Crippen LogP contribution >= 0.6 is 24.0 Å². The topological polar surface area (TPSA) is 110 Å². The summed E-state index contributed by atoms with van der Waals surface area (Å²) in [5, 5.41) is 0.659. The molecule has 2 aromatic rings. The van der Waals surface area contributed by atoms with Gasteiger partial charge < -0.3 is 5.73 Å². The second-order valence-electron chi connectivity index (χ2n) is 8.51. The third-order valence-corrected chi connectivity index (χ3v) is 8.23. The normalized spacial score (nSPS) is 22.7. The zero-order valence-corrected chi connectivity index (χ0v) is 20.4. The van der Waals surface area contributed by atoms with Crippen molar-refractivity contribution in [2.45, 2.75) is 37.1 Å². The Labute approximate surface area is 205 Å². The fraction of sp³-hybridized carbons (Fsp3) is 0.391. The number of benzene rings is 2. The summed E-state index contributed by atoms with van der Waals surface area (Å²) in [5.74, 6) is -1.23. The van der Waals surface area contributed by atoms with Crippen LogP contribution in [0.4, 0.5) is 0 Å². The molecule has 1 fully saturated rings. The SMILES string of the molecule is Cl.NC[C@]1(c2cccc(Cl)c2)CC[C@@H](NS(=O)(=O)CCN2C(=O)c3ccccc3C2=O)CC1. The quantitative estimate of drug-likeness (QED) is 0.554. The molecule has 1 aliphatic heterocycles. The number of carbonyl (C=O) groups is 2. The second-order valence-corrected chi connectivity index (χ2v) is 10.8. The van der Waals surface area contributed by atoms with Gasteiger partial charge in [0.15, 0.2) is 0 Å². The molecular weight excluding hydrogens is 485 g/mol. The predicted molar refractivity (Wildman–Crippen MR) is 130 cm³/mol. The monoisotopic (exact) mass is 511 g/mol. The lowest BCUT2D eigenvalue weighted by Gasteiger charge is -2.40. The number of hydrogen-bond acceptors (Lipinski definition) is 5. The van der Waals surface area contributed by atoms with Crippen LogP contribution in [0.25, 0.3) is 0 Å². The van der Waals surface area contributed by atoms with Crippen molar-refractivity contribution in [2.75, 3.05) is 18.8 Å². The lowest BCUT2D eigenvalue weighted by molar-refractivity contribution is 0.0664. The zero-order valence-electron chi connectivity index (χ0n) is 18.0. The molecule has 2 amide bonds. The number of amides is 2. The van der Waals surface area contributed by atoms with Crippen molar-refractivity contribution in [1.82, 2.24) is 9.62 Å². The van der Waals surface area contributed by atoms with Crippen molar-refractivity contribution in [2.24, 2.45) is 5.73 Å². The molecule has 2 aliphatic rings. The molecule has 0 radical (unpaired) electrons. The Kier molecular flexibility index (Phi) is 7.86. The van der Waals surface area contributed by atoms with Crippen LogP contribution in [0.5, 0.6) is 0 Å². The number of sulfonamides is 1. The van der Waals surface area contributed by atoms with Crippen LogP contribution < -0.4 is 10.5 Å². The molecule has 0 spiro atoms. The molecule has 3 N–H and O–H groups in total. The van der Waals surface area contributed by atoms with Crippen LogP contribution in [0.15, 0.2) is 48.5 Å². The van der Waals surface area contributed by atoms with Gasteiger partial charge in [0.25, 0.3) is 11.8 Å². The number of fused-ring (bicyclic) bond motifs is 1. The molecule has 0 atom stereocenters. The smallest absolute Gasteiger partial charge is 0.261 e. The van der Waals surface area contributed by atoms with Crippen LogP contribution in [0.2, 0.25) is 5.02 Å². The highest BCUT2D eigenvalue weighted by Gasteiger charge is 2.38. The number of nitrogens with one attached hydrogen (secondary N) is 1. The Bertz CT molecular complexity index is 1110. The minimum atomic E-state index is -3.67. The van der Waals surface area contributed by atoms with Crippen molar-refractivity contribution in [3.8, 4) is 0 Å². The summed E-state index contributed by atoms with van der Waals surface area (Å²) in [6.07, 6.45) is 2.79. The summed E-state index contributed by atoms with van der Waals surface area (Å²) in [6, 6.07) is 14.0. The van der Waals surface area contributed by atoms with E-state index in [1.807, 2.05) is 24.3 Å². The van der Waals surface area contributed by atoms with Gasteiger partial charge in [0.05, 0.1) is 16.9 Å². The van der Waals surface area contributed by atoms with E-state index in [2.05, 4.69) is 4.72 Å². The number of halogens is 2. The number of nitrogens with two attached hydrogens (primary N) is 1. The molecule has 1 saturated carbocycles. The first-order valence-corrected chi connectivity index (χ1v) is 12.7. The van der Waals surface area contributed by atoms with Crippen molar-refractivity contribution in [1.29, 1.82) is 0 Å². The third-order valence-electron chi connectivity index (χ3n) is 6.58. The minimum absolute atomic E-state index is 0. The Morgan fingerprint density at radius 3 is 2.18 bits per heavy atom. The highest BCUT2D eigenvalue weighted by atomic mass is 35.5. The van der Waals surface area contributed by atoms with Gasteiger partial charge in [0, 0.05) is 29.6 Å². The van der Waals surface area contributed by atoms with Gasteiger partial charge in [-0.1, -0.05) is 35.9 Å². The number of nitrogens with zero attached hydrogens (tertiary/aromatic N) is 1. The van der Waals surface area contributed by atoms with Crippen LogP contribution in [-0.2, 0) is 15.4 Å². The maximum atomic E-state index is 12.7. The summed E-state index contributed by atoms with van der Waals surface area (Å²) < 4.78 is 28.1. The second kappa shape index (κ2) is 10.1. The van der Waals surface area contributed by atoms with Gasteiger partial charge in [0.2, 0.25) is 10.0 Å². The molecule has 1 aliphatic carbocycles. The van der Waals surface area contributed by atoms with E-state index in [1.54, 1.807) is 24.3 Å². The fourth-order valence-electron chi connectivity index (χ4n) is 4.68. The molecule has 2 aromatic carbocycles. The van der Waals surface area contributed by atoms with Crippen molar-refractivity contribution >= 4 is 45.8 Å². The van der Waals surface area contributed by atoms with E-state index >= 15 is 0 Å². The van der Waals surface area contributed by atoms with E-state index in [-0.39, 0.29) is 36.2 Å². The molecule has 0 saturated heterocycles. The van der Waals surface area contributed by atoms with E-state index in [4.69, 9.17) is 17.3 Å². The summed E-state index contributed by atoms with van der Waals surface area (Å²) in [5.41, 5.74) is 7.62. The van der Waals surface area contributed by atoms with Gasteiger partial charge in [-0.05, 0) is 55.5 Å². The van der Waals surface area contributed by atoms with Crippen LogP contribution in [-0.4, -0.2) is 50.0 Å². The minimum Gasteiger partial charge on any atom is -0.330 e. The number of carbonyl (C=O) groups excluding carboxylic acids is 2. The number of imide groups is 1. The Morgan fingerprint density at radius 2 is 1.64 bits per heavy atom. The predicted octanol–water partition coefficient (Wildman–Crippen LogP) is 3.12. The average molecular weight is 512 g/mol. The van der Waals surface area contributed by atoms with E-state index in [0.29, 0.717) is 35.5 Å². The van der Waals surface area contributed by atoms with E-state index in [1.165, 1.54) is 0 Å². The van der Waals surface area contributed by atoms with E-state index in [9.17, 15) is 18.0 Å². The lowest BCUT2D eigenvalue weighted by Crippen LogP contribution is -2.46. The van der Waals surface area contributed by atoms with E-state index < -0.39 is 21.8 Å². The van der Waals surface area contributed by atoms with E-state index in [0.717, 1.165) is 23.3 Å². The highest BCUT2D eigenvalue weighted by molar-refractivity contribution is 7.89. The zero-order chi connectivity index (χ0) is 22.9. The molecule has 4 rings (SSSR count). The van der Waals surface area contributed by atoms with Crippen molar-refractivity contribution < 1.29 is 18.0 Å². The lowest BCUT2D eigenvalue weighted by atomic mass is 9.68. The molecule has 0 aromatic heterocycles. The standard InChI is InChI=1S/C23H26ClN3O4S.ClH/c24-17-5-3-4-16(14-17)23(15-25)10-8-18(9-11-23)26-32(30,31)13-12-27-21(28)19-6-1-2-7-20(19)22(27)29;/h1-7,14,18,26H,8-13,15,25H2;1H/t18-,23+;. The van der Waals surface area contributed by atoms with Crippen LogP contribution in [0.1, 0.15) is 52.0 Å². The molecule has 7 nitrogen and oxygen atoms in total. The molecule has 33 heavy (non-hydrogen) atoms. The van der Waals surface area contributed by atoms with Crippen LogP contribution in [0.3, 0.4) is 0 Å². The van der Waals surface area contributed by atoms with Gasteiger partial charge in [-0.15, -0.1) is 12.4 Å². The van der Waals surface area contributed by atoms with Crippen LogP contribution in [0, 0.1) is 0 Å². The van der Waals surface area contributed by atoms with Gasteiger partial charge in [-0.3, -0.25) is 14.5 Å².